The molecule has 0 saturated carbocycles. The smallest absolute Gasteiger partial charge is 0.102 e. The molecule has 2 N–H and O–H groups in total. The maximum absolute atomic E-state index is 8.90. The molecule has 0 radical (unpaired) electrons. The largest absolute Gasteiger partial charge is 0.379 e. The summed E-state index contributed by atoms with van der Waals surface area (Å²) in [5.41, 5.74) is 1.12. The van der Waals surface area contributed by atoms with Gasteiger partial charge in [-0.2, -0.15) is 0 Å². The Morgan fingerprint density at radius 1 is 1.82 bits per heavy atom. The van der Waals surface area contributed by atoms with Crippen LogP contribution in [0.4, 0.5) is 0 Å². The number of hydrogen-bond acceptors (Lipinski definition) is 3. The van der Waals surface area contributed by atoms with E-state index in [0.717, 1.165) is 18.6 Å². The van der Waals surface area contributed by atoms with Gasteiger partial charge in [0.05, 0.1) is 0 Å². The summed E-state index contributed by atoms with van der Waals surface area (Å²) in [6.45, 7) is 2.40. The van der Waals surface area contributed by atoms with Crippen molar-refractivity contribution in [3.63, 3.8) is 0 Å². The molecule has 0 bridgehead atoms. The molecule has 1 rings (SSSR count). The van der Waals surface area contributed by atoms with Crippen LogP contribution in [0.5, 0.6) is 0 Å². The number of aliphatic hydroxyl groups excluding tert-OH is 1. The number of aliphatic hydroxyl groups is 1. The van der Waals surface area contributed by atoms with Gasteiger partial charge in [-0.15, -0.1) is 0 Å². The molecule has 0 aromatic rings. The number of allylic oxidation sites excluding steroid dienone is 1. The van der Waals surface area contributed by atoms with Gasteiger partial charge < -0.3 is 5.11 Å². The van der Waals surface area contributed by atoms with Crippen molar-refractivity contribution in [2.24, 2.45) is 4.99 Å². The molecular formula is C8H14N2O. The van der Waals surface area contributed by atoms with Gasteiger partial charge in [0.15, 0.2) is 0 Å². The molecule has 1 aliphatic rings. The number of aliphatic imine (C=N–C) groups is 1. The summed E-state index contributed by atoms with van der Waals surface area (Å²) in [5, 5.41) is 11.8. The Balaban J connectivity index is 2.25. The van der Waals surface area contributed by atoms with E-state index < -0.39 is 6.23 Å². The summed E-state index contributed by atoms with van der Waals surface area (Å²) < 4.78 is 0. The van der Waals surface area contributed by atoms with Gasteiger partial charge in [-0.1, -0.05) is 6.08 Å². The van der Waals surface area contributed by atoms with Crippen molar-refractivity contribution in [3.8, 4) is 0 Å². The predicted molar refractivity (Wildman–Crippen MR) is 45.5 cm³/mol. The lowest BCUT2D eigenvalue weighted by Gasteiger charge is -2.10. The average molecular weight is 154 g/mol. The molecule has 0 saturated heterocycles. The van der Waals surface area contributed by atoms with Crippen LogP contribution in [0.25, 0.3) is 0 Å². The van der Waals surface area contributed by atoms with Crippen molar-refractivity contribution < 1.29 is 5.11 Å². The molecule has 0 aromatic carbocycles. The van der Waals surface area contributed by atoms with Crippen LogP contribution in [0, 0.1) is 0 Å². The van der Waals surface area contributed by atoms with Crippen LogP contribution in [0.15, 0.2) is 17.3 Å². The van der Waals surface area contributed by atoms with Crippen molar-refractivity contribution >= 4 is 5.71 Å². The standard InChI is InChI=1S/C8H14N2O/c1-7(11)10-6-8-4-2-3-5-9-8/h3,5,7,10-11H,2,4,6H2,1H3. The number of rotatable bonds is 3. The molecular weight excluding hydrogens is 140 g/mol. The third-order valence-corrected chi connectivity index (χ3v) is 1.56. The van der Waals surface area contributed by atoms with Crippen molar-refractivity contribution in [1.82, 2.24) is 5.32 Å². The van der Waals surface area contributed by atoms with E-state index in [2.05, 4.69) is 10.3 Å². The van der Waals surface area contributed by atoms with E-state index in [1.54, 1.807) is 6.92 Å². The van der Waals surface area contributed by atoms with E-state index in [9.17, 15) is 0 Å². The number of nitrogens with one attached hydrogen (secondary N) is 1. The first-order chi connectivity index (χ1) is 5.29. The monoisotopic (exact) mass is 154 g/mol. The van der Waals surface area contributed by atoms with Crippen LogP contribution >= 0.6 is 0 Å². The Bertz CT molecular complexity index is 173. The Hall–Kier alpha value is -0.670. The first-order valence-corrected chi connectivity index (χ1v) is 3.91. The van der Waals surface area contributed by atoms with Crippen LogP contribution in [-0.4, -0.2) is 23.6 Å². The quantitative estimate of drug-likeness (QED) is 0.587. The van der Waals surface area contributed by atoms with E-state index in [0.29, 0.717) is 6.54 Å². The van der Waals surface area contributed by atoms with Crippen molar-refractivity contribution in [1.29, 1.82) is 0 Å². The third-order valence-electron chi connectivity index (χ3n) is 1.56. The van der Waals surface area contributed by atoms with E-state index in [1.807, 2.05) is 12.3 Å². The zero-order valence-electron chi connectivity index (χ0n) is 6.75. The van der Waals surface area contributed by atoms with E-state index in [4.69, 9.17) is 5.11 Å². The molecule has 1 unspecified atom stereocenters. The molecule has 1 aliphatic heterocycles. The van der Waals surface area contributed by atoms with Crippen LogP contribution in [0.2, 0.25) is 0 Å². The Morgan fingerprint density at radius 2 is 2.64 bits per heavy atom. The van der Waals surface area contributed by atoms with Crippen molar-refractivity contribution in [2.45, 2.75) is 26.0 Å². The summed E-state index contributed by atoms with van der Waals surface area (Å²) in [6.07, 6.45) is 5.51. The molecule has 0 fully saturated rings. The second-order valence-electron chi connectivity index (χ2n) is 2.68. The van der Waals surface area contributed by atoms with Crippen molar-refractivity contribution in [3.05, 3.63) is 12.3 Å². The summed E-state index contributed by atoms with van der Waals surface area (Å²) in [5.74, 6) is 0. The van der Waals surface area contributed by atoms with Crippen molar-refractivity contribution in [2.75, 3.05) is 6.54 Å². The minimum Gasteiger partial charge on any atom is -0.379 e. The van der Waals surface area contributed by atoms with Gasteiger partial charge in [0.1, 0.15) is 6.23 Å². The van der Waals surface area contributed by atoms with E-state index in [-0.39, 0.29) is 0 Å². The maximum Gasteiger partial charge on any atom is 0.102 e. The molecule has 0 spiro atoms. The normalized spacial score (nSPS) is 19.6. The molecule has 1 heterocycles. The molecule has 62 valence electrons. The predicted octanol–water partition coefficient (Wildman–Crippen LogP) is 0.663. The van der Waals surface area contributed by atoms with E-state index >= 15 is 0 Å². The van der Waals surface area contributed by atoms with Crippen LogP contribution < -0.4 is 5.32 Å². The maximum atomic E-state index is 8.90. The molecule has 0 aliphatic carbocycles. The second-order valence-corrected chi connectivity index (χ2v) is 2.68. The molecule has 3 nitrogen and oxygen atoms in total. The molecule has 3 heteroatoms. The SMILES string of the molecule is CC(O)NCC1=NC=CCC1. The van der Waals surface area contributed by atoms with Gasteiger partial charge in [-0.3, -0.25) is 10.3 Å². The van der Waals surface area contributed by atoms with Gasteiger partial charge in [-0.05, 0) is 19.8 Å². The van der Waals surface area contributed by atoms with Gasteiger partial charge in [0.25, 0.3) is 0 Å². The number of nitrogens with zero attached hydrogens (tertiary/aromatic N) is 1. The first-order valence-electron chi connectivity index (χ1n) is 3.91. The lowest BCUT2D eigenvalue weighted by molar-refractivity contribution is 0.163. The Morgan fingerprint density at radius 3 is 3.18 bits per heavy atom. The zero-order valence-corrected chi connectivity index (χ0v) is 6.75. The number of hydrogen-bond donors (Lipinski definition) is 2. The highest BCUT2D eigenvalue weighted by Crippen LogP contribution is 2.01. The summed E-state index contributed by atoms with van der Waals surface area (Å²) in [4.78, 5) is 4.16. The average Bonchev–Trinajstić information content (AvgIpc) is 2.03. The van der Waals surface area contributed by atoms with Crippen LogP contribution in [-0.2, 0) is 0 Å². The molecule has 11 heavy (non-hydrogen) atoms. The zero-order chi connectivity index (χ0) is 8.10. The highest BCUT2D eigenvalue weighted by atomic mass is 16.3. The minimum absolute atomic E-state index is 0.441. The highest BCUT2D eigenvalue weighted by molar-refractivity contribution is 5.87. The fourth-order valence-electron chi connectivity index (χ4n) is 0.947. The molecule has 0 amide bonds. The second kappa shape index (κ2) is 4.26. The first kappa shape index (κ1) is 8.43. The molecule has 0 aromatic heterocycles. The Labute approximate surface area is 66.8 Å². The van der Waals surface area contributed by atoms with Gasteiger partial charge in [-0.25, -0.2) is 0 Å². The summed E-state index contributed by atoms with van der Waals surface area (Å²) in [7, 11) is 0. The van der Waals surface area contributed by atoms with Gasteiger partial charge in [0.2, 0.25) is 0 Å². The van der Waals surface area contributed by atoms with E-state index in [1.165, 1.54) is 0 Å². The van der Waals surface area contributed by atoms with Gasteiger partial charge >= 0.3 is 0 Å². The fourth-order valence-corrected chi connectivity index (χ4v) is 0.947. The molecule has 1 atom stereocenters. The minimum atomic E-state index is -0.441. The Kier molecular flexibility index (Phi) is 3.26. The third kappa shape index (κ3) is 3.30. The van der Waals surface area contributed by atoms with Gasteiger partial charge in [0, 0.05) is 18.5 Å². The highest BCUT2D eigenvalue weighted by Gasteiger charge is 2.01. The fraction of sp³-hybridized carbons (Fsp3) is 0.625. The van der Waals surface area contributed by atoms with Crippen LogP contribution in [0.3, 0.4) is 0 Å². The summed E-state index contributed by atoms with van der Waals surface area (Å²) in [6, 6.07) is 0. The lowest BCUT2D eigenvalue weighted by Crippen LogP contribution is -2.31. The van der Waals surface area contributed by atoms with Crippen LogP contribution in [0.1, 0.15) is 19.8 Å². The topological polar surface area (TPSA) is 44.6 Å². The summed E-state index contributed by atoms with van der Waals surface area (Å²) >= 11 is 0. The lowest BCUT2D eigenvalue weighted by atomic mass is 10.2.